The monoisotopic (exact) mass is 347 g/mol. The molecule has 2 atom stereocenters. The van der Waals surface area contributed by atoms with Gasteiger partial charge in [0.15, 0.2) is 0 Å². The molecule has 1 amide bonds. The lowest BCUT2D eigenvalue weighted by Crippen LogP contribution is -2.42. The summed E-state index contributed by atoms with van der Waals surface area (Å²) in [6, 6.07) is 3.76. The van der Waals surface area contributed by atoms with Crippen LogP contribution in [0.1, 0.15) is 44.3 Å². The quantitative estimate of drug-likeness (QED) is 0.607. The lowest BCUT2D eigenvalue weighted by atomic mass is 9.91. The number of aromatic nitrogens is 3. The third-order valence-electron chi connectivity index (χ3n) is 4.53. The number of likely N-dealkylation sites (tertiary alicyclic amines) is 1. The van der Waals surface area contributed by atoms with Crippen molar-refractivity contribution in [2.45, 2.75) is 45.7 Å². The number of aryl methyl sites for hydroxylation is 1. The van der Waals surface area contributed by atoms with Gasteiger partial charge in [-0.25, -0.2) is 0 Å². The van der Waals surface area contributed by atoms with Crippen molar-refractivity contribution in [3.05, 3.63) is 40.1 Å². The van der Waals surface area contributed by atoms with Gasteiger partial charge in [-0.3, -0.25) is 4.79 Å². The van der Waals surface area contributed by atoms with Crippen molar-refractivity contribution in [1.82, 2.24) is 19.7 Å². The van der Waals surface area contributed by atoms with Crippen molar-refractivity contribution in [1.29, 1.82) is 0 Å². The molecule has 25 heavy (non-hydrogen) atoms. The predicted molar refractivity (Wildman–Crippen MR) is 87.6 cm³/mol. The fourth-order valence-corrected chi connectivity index (χ4v) is 3.15. The van der Waals surface area contributed by atoms with Crippen LogP contribution in [0.25, 0.3) is 0 Å². The zero-order valence-corrected chi connectivity index (χ0v) is 14.3. The molecule has 9 heteroatoms. The molecule has 0 bridgehead atoms. The molecule has 3 heterocycles. The molecule has 0 aromatic carbocycles. The summed E-state index contributed by atoms with van der Waals surface area (Å²) >= 11 is 0. The fraction of sp³-hybridized carbons (Fsp3) is 0.562. The number of amides is 1. The maximum absolute atomic E-state index is 12.7. The van der Waals surface area contributed by atoms with E-state index in [1.54, 1.807) is 4.90 Å². The van der Waals surface area contributed by atoms with Crippen LogP contribution in [0.5, 0.6) is 0 Å². The van der Waals surface area contributed by atoms with E-state index in [0.29, 0.717) is 12.5 Å². The molecule has 0 radical (unpaired) electrons. The van der Waals surface area contributed by atoms with E-state index in [1.165, 1.54) is 11.0 Å². The summed E-state index contributed by atoms with van der Waals surface area (Å²) in [5.74, 6) is 1.53. The summed E-state index contributed by atoms with van der Waals surface area (Å²) in [5, 5.41) is 14.4. The first kappa shape index (κ1) is 17.1. The molecule has 134 valence electrons. The summed E-state index contributed by atoms with van der Waals surface area (Å²) in [4.78, 5) is 28.1. The van der Waals surface area contributed by atoms with Crippen molar-refractivity contribution < 1.29 is 14.1 Å². The van der Waals surface area contributed by atoms with Crippen molar-refractivity contribution in [3.8, 4) is 0 Å². The highest BCUT2D eigenvalue weighted by atomic mass is 16.6. The highest BCUT2D eigenvalue weighted by Crippen LogP contribution is 2.35. The molecule has 0 spiro atoms. The van der Waals surface area contributed by atoms with Crippen LogP contribution < -0.4 is 0 Å². The van der Waals surface area contributed by atoms with Crippen molar-refractivity contribution >= 4 is 11.9 Å². The van der Waals surface area contributed by atoms with Gasteiger partial charge in [0.05, 0.1) is 6.04 Å². The molecule has 1 aliphatic rings. The van der Waals surface area contributed by atoms with Crippen LogP contribution >= 0.6 is 0 Å². The minimum absolute atomic E-state index is 0.0763. The summed E-state index contributed by atoms with van der Waals surface area (Å²) < 4.78 is 7.07. The van der Waals surface area contributed by atoms with Gasteiger partial charge in [-0.1, -0.05) is 18.8 Å². The number of carbonyl (C=O) groups is 1. The molecule has 0 N–H and O–H groups in total. The number of hydrogen-bond acceptors (Lipinski definition) is 6. The Kier molecular flexibility index (Phi) is 4.82. The minimum atomic E-state index is -0.679. The molecule has 0 unspecified atom stereocenters. The van der Waals surface area contributed by atoms with Gasteiger partial charge in [0, 0.05) is 18.1 Å². The van der Waals surface area contributed by atoms with E-state index in [0.717, 1.165) is 30.8 Å². The standard InChI is InChI=1S/C16H21N5O4/c1-3-12-4-5-14(25-12)13-8-11(2)6-7-20(13)15(22)9-19-10-17-16(18-19)21(23)24/h4-5,10-11,13H,3,6-9H2,1-2H3/t11-,13-/m0/s1. The van der Waals surface area contributed by atoms with Crippen molar-refractivity contribution in [2.75, 3.05) is 6.54 Å². The van der Waals surface area contributed by atoms with Crippen molar-refractivity contribution in [2.24, 2.45) is 5.92 Å². The molecule has 1 fully saturated rings. The van der Waals surface area contributed by atoms with Crippen LogP contribution in [0.4, 0.5) is 5.95 Å². The number of rotatable bonds is 5. The summed E-state index contributed by atoms with van der Waals surface area (Å²) in [6.07, 6.45) is 3.76. The number of nitro groups is 1. The van der Waals surface area contributed by atoms with Crippen molar-refractivity contribution in [3.63, 3.8) is 0 Å². The van der Waals surface area contributed by atoms with Gasteiger partial charge in [0.1, 0.15) is 18.1 Å². The van der Waals surface area contributed by atoms with E-state index in [9.17, 15) is 14.9 Å². The number of nitrogens with zero attached hydrogens (tertiary/aromatic N) is 5. The van der Waals surface area contributed by atoms with Gasteiger partial charge in [0.2, 0.25) is 12.2 Å². The highest BCUT2D eigenvalue weighted by Gasteiger charge is 2.33. The van der Waals surface area contributed by atoms with Gasteiger partial charge in [-0.2, -0.15) is 4.68 Å². The largest absolute Gasteiger partial charge is 0.490 e. The highest BCUT2D eigenvalue weighted by molar-refractivity contribution is 5.76. The SMILES string of the molecule is CCc1ccc([C@@H]2C[C@@H](C)CCN2C(=O)Cn2cnc([N+](=O)[O-])n2)o1. The molecule has 2 aromatic heterocycles. The van der Waals surface area contributed by atoms with E-state index in [4.69, 9.17) is 4.42 Å². The molecule has 2 aromatic rings. The number of furan rings is 1. The Labute approximate surface area is 144 Å². The van der Waals surface area contributed by atoms with E-state index < -0.39 is 10.9 Å². The van der Waals surface area contributed by atoms with Crippen LogP contribution in [-0.2, 0) is 17.8 Å². The van der Waals surface area contributed by atoms with Gasteiger partial charge in [0.25, 0.3) is 0 Å². The van der Waals surface area contributed by atoms with Crippen LogP contribution in [-0.4, -0.2) is 37.0 Å². The van der Waals surface area contributed by atoms with E-state index >= 15 is 0 Å². The molecule has 1 saturated heterocycles. The molecule has 0 saturated carbocycles. The number of piperidine rings is 1. The van der Waals surface area contributed by atoms with Crippen LogP contribution in [0.2, 0.25) is 0 Å². The third kappa shape index (κ3) is 3.70. The second kappa shape index (κ2) is 7.04. The zero-order chi connectivity index (χ0) is 18.0. The average molecular weight is 347 g/mol. The maximum Gasteiger partial charge on any atom is 0.490 e. The van der Waals surface area contributed by atoms with Gasteiger partial charge in [-0.15, -0.1) is 0 Å². The van der Waals surface area contributed by atoms with Crippen LogP contribution in [0.15, 0.2) is 22.9 Å². The number of carbonyl (C=O) groups excluding carboxylic acids is 1. The molecular formula is C16H21N5O4. The predicted octanol–water partition coefficient (Wildman–Crippen LogP) is 2.34. The lowest BCUT2D eigenvalue weighted by Gasteiger charge is -2.37. The maximum atomic E-state index is 12.7. The lowest BCUT2D eigenvalue weighted by molar-refractivity contribution is -0.394. The van der Waals surface area contributed by atoms with E-state index in [-0.39, 0.29) is 18.5 Å². The Hall–Kier alpha value is -2.71. The topological polar surface area (TPSA) is 107 Å². The molecule has 9 nitrogen and oxygen atoms in total. The van der Waals surface area contributed by atoms with Gasteiger partial charge >= 0.3 is 5.95 Å². The molecular weight excluding hydrogens is 326 g/mol. The zero-order valence-electron chi connectivity index (χ0n) is 14.3. The molecule has 0 aliphatic carbocycles. The Morgan fingerprint density at radius 2 is 2.28 bits per heavy atom. The Morgan fingerprint density at radius 3 is 2.92 bits per heavy atom. The first-order chi connectivity index (χ1) is 12.0. The smallest absolute Gasteiger partial charge is 0.464 e. The second-order valence-corrected chi connectivity index (χ2v) is 6.39. The second-order valence-electron chi connectivity index (χ2n) is 6.39. The van der Waals surface area contributed by atoms with Gasteiger partial charge in [-0.05, 0) is 35.8 Å². The summed E-state index contributed by atoms with van der Waals surface area (Å²) in [5.41, 5.74) is 0. The van der Waals surface area contributed by atoms with Gasteiger partial charge < -0.3 is 19.4 Å². The van der Waals surface area contributed by atoms with Crippen LogP contribution in [0, 0.1) is 16.0 Å². The molecule has 3 rings (SSSR count). The van der Waals surface area contributed by atoms with E-state index in [2.05, 4.69) is 17.0 Å². The first-order valence-corrected chi connectivity index (χ1v) is 8.39. The number of hydrogen-bond donors (Lipinski definition) is 0. The van der Waals surface area contributed by atoms with E-state index in [1.807, 2.05) is 19.1 Å². The normalized spacial score (nSPS) is 20.6. The summed E-state index contributed by atoms with van der Waals surface area (Å²) in [7, 11) is 0. The fourth-order valence-electron chi connectivity index (χ4n) is 3.15. The third-order valence-corrected chi connectivity index (χ3v) is 4.53. The Balaban J connectivity index is 1.76. The summed E-state index contributed by atoms with van der Waals surface area (Å²) in [6.45, 7) is 4.74. The minimum Gasteiger partial charge on any atom is -0.464 e. The first-order valence-electron chi connectivity index (χ1n) is 8.39. The molecule has 1 aliphatic heterocycles. The Bertz CT molecular complexity index is 768. The average Bonchev–Trinajstić information content (AvgIpc) is 3.23. The Morgan fingerprint density at radius 1 is 1.48 bits per heavy atom. The van der Waals surface area contributed by atoms with Crippen LogP contribution in [0.3, 0.4) is 0 Å².